The van der Waals surface area contributed by atoms with Gasteiger partial charge in [-0.3, -0.25) is 4.55 Å². The number of rotatable bonds is 8. The maximum Gasteiger partial charge on any atom is 0.460 e. The zero-order valence-corrected chi connectivity index (χ0v) is 14.7. The van der Waals surface area contributed by atoms with Gasteiger partial charge in [0.2, 0.25) is 5.83 Å². The molecule has 0 spiro atoms. The summed E-state index contributed by atoms with van der Waals surface area (Å²) >= 11 is 0. The molecule has 0 unspecified atom stereocenters. The van der Waals surface area contributed by atoms with Crippen molar-refractivity contribution in [3.8, 4) is 0 Å². The van der Waals surface area contributed by atoms with Crippen LogP contribution < -0.4 is 0 Å². The molecule has 0 fully saturated rings. The molecule has 0 amide bonds. The highest BCUT2D eigenvalue weighted by Crippen LogP contribution is 2.64. The average molecular weight is 562 g/mol. The van der Waals surface area contributed by atoms with Crippen LogP contribution in [0, 0.1) is 0 Å². The monoisotopic (exact) mass is 562 g/mol. The summed E-state index contributed by atoms with van der Waals surface area (Å²) in [6.45, 7) is 0. The molecule has 0 aromatic heterocycles. The van der Waals surface area contributed by atoms with Crippen LogP contribution in [0.2, 0.25) is 0 Å². The van der Waals surface area contributed by atoms with E-state index in [9.17, 15) is 91.8 Å². The van der Waals surface area contributed by atoms with Gasteiger partial charge in [-0.05, 0) is 0 Å². The Hall–Kier alpha value is -1.68. The van der Waals surface area contributed by atoms with Crippen LogP contribution in [0.4, 0.5) is 83.4 Å². The molecule has 0 aliphatic carbocycles. The van der Waals surface area contributed by atoms with E-state index in [2.05, 4.69) is 0 Å². The summed E-state index contributed by atoms with van der Waals surface area (Å²) in [5, 5.41) is -4.52. The molecule has 0 heterocycles. The highest BCUT2D eigenvalue weighted by atomic mass is 32.2. The molecule has 33 heavy (non-hydrogen) atoms. The van der Waals surface area contributed by atoms with Crippen molar-refractivity contribution in [3.05, 3.63) is 11.0 Å². The van der Waals surface area contributed by atoms with E-state index in [-0.39, 0.29) is 0 Å². The van der Waals surface area contributed by atoms with Crippen LogP contribution in [0.1, 0.15) is 0 Å². The predicted octanol–water partition coefficient (Wildman–Crippen LogP) is 5.99. The lowest BCUT2D eigenvalue weighted by Gasteiger charge is -2.42. The first-order valence-corrected chi connectivity index (χ1v) is 8.00. The molecule has 1 N–H and O–H groups in total. The second-order valence-electron chi connectivity index (χ2n) is 5.58. The van der Waals surface area contributed by atoms with Gasteiger partial charge in [-0.15, -0.1) is 0 Å². The lowest BCUT2D eigenvalue weighted by atomic mass is 9.89. The second-order valence-corrected chi connectivity index (χ2v) is 6.89. The predicted molar refractivity (Wildman–Crippen MR) is 61.5 cm³/mol. The molecule has 0 radical (unpaired) electrons. The van der Waals surface area contributed by atoms with Crippen LogP contribution in [0.15, 0.2) is 11.0 Å². The highest BCUT2D eigenvalue weighted by Gasteiger charge is 2.95. The Morgan fingerprint density at radius 2 is 0.727 bits per heavy atom. The van der Waals surface area contributed by atoms with Crippen LogP contribution in [0.3, 0.4) is 0 Å². The van der Waals surface area contributed by atoms with Gasteiger partial charge in [-0.1, -0.05) is 0 Å². The van der Waals surface area contributed by atoms with Gasteiger partial charge in [0.1, 0.15) is 0 Å². The van der Waals surface area contributed by atoms with Crippen molar-refractivity contribution in [2.45, 2.75) is 47.6 Å². The largest absolute Gasteiger partial charge is 0.460 e. The molecule has 0 aromatic carbocycles. The quantitative estimate of drug-likeness (QED) is 0.292. The molecule has 3 nitrogen and oxygen atoms in total. The standard InChI is InChI=1S/C10HF19O3S/c11-1(2(12)33(30,31)32)3(13,14)4(15,16)5(17,18)6(19,20)7(21,22)8(23,24)9(25,26)10(27,28)29/h(H,30,31,32)/b2-1-. The van der Waals surface area contributed by atoms with Crippen molar-refractivity contribution in [3.63, 3.8) is 0 Å². The smallest absolute Gasteiger partial charge is 0.280 e. The van der Waals surface area contributed by atoms with Gasteiger partial charge in [0.15, 0.2) is 0 Å². The molecule has 198 valence electrons. The van der Waals surface area contributed by atoms with E-state index in [1.165, 1.54) is 0 Å². The van der Waals surface area contributed by atoms with Gasteiger partial charge in [-0.25, -0.2) is 4.39 Å². The third-order valence-electron chi connectivity index (χ3n) is 3.40. The van der Waals surface area contributed by atoms with Crippen molar-refractivity contribution >= 4 is 10.1 Å². The zero-order valence-electron chi connectivity index (χ0n) is 13.9. The fourth-order valence-electron chi connectivity index (χ4n) is 1.54. The van der Waals surface area contributed by atoms with Crippen molar-refractivity contribution < 1.29 is 96.4 Å². The van der Waals surface area contributed by atoms with Crippen LogP contribution in [-0.4, -0.2) is 60.6 Å². The first kappa shape index (κ1) is 31.3. The maximum absolute atomic E-state index is 13.3. The third kappa shape index (κ3) is 4.07. The van der Waals surface area contributed by atoms with E-state index in [4.69, 9.17) is 4.55 Å². The summed E-state index contributed by atoms with van der Waals surface area (Å²) in [4.78, 5) is 0. The lowest BCUT2D eigenvalue weighted by molar-refractivity contribution is -0.460. The van der Waals surface area contributed by atoms with Gasteiger partial charge < -0.3 is 0 Å². The summed E-state index contributed by atoms with van der Waals surface area (Å²) in [6.07, 6.45) is -7.97. The molecule has 0 aliphatic heterocycles. The van der Waals surface area contributed by atoms with Gasteiger partial charge in [0.25, 0.3) is 5.16 Å². The van der Waals surface area contributed by atoms with E-state index >= 15 is 0 Å². The van der Waals surface area contributed by atoms with Crippen LogP contribution in [0.5, 0.6) is 0 Å². The van der Waals surface area contributed by atoms with E-state index in [0.29, 0.717) is 0 Å². The van der Waals surface area contributed by atoms with Crippen molar-refractivity contribution in [1.29, 1.82) is 0 Å². The minimum atomic E-state index is -9.06. The molecule has 0 saturated heterocycles. The van der Waals surface area contributed by atoms with Gasteiger partial charge in [-0.2, -0.15) is 87.4 Å². The molecule has 23 heteroatoms. The summed E-state index contributed by atoms with van der Waals surface area (Å²) < 4.78 is 272. The fraction of sp³-hybridized carbons (Fsp3) is 0.800. The minimum Gasteiger partial charge on any atom is -0.280 e. The Morgan fingerprint density at radius 3 is 0.970 bits per heavy atom. The SMILES string of the molecule is O=S(=O)(O)/C(F)=C(\F)C(F)(F)C(F)(F)C(F)(F)C(F)(F)C(F)(F)C(F)(F)C(F)(F)C(F)(F)F. The molecule has 0 aliphatic rings. The molecule has 0 saturated carbocycles. The molecule has 0 bridgehead atoms. The van der Waals surface area contributed by atoms with E-state index < -0.39 is 68.7 Å². The van der Waals surface area contributed by atoms with Gasteiger partial charge >= 0.3 is 57.8 Å². The van der Waals surface area contributed by atoms with Crippen LogP contribution >= 0.6 is 0 Å². The summed E-state index contributed by atoms with van der Waals surface area (Å²) in [5.41, 5.74) is 0. The second kappa shape index (κ2) is 7.66. The number of hydrogen-bond donors (Lipinski definition) is 1. The van der Waals surface area contributed by atoms with Crippen molar-refractivity contribution in [2.75, 3.05) is 0 Å². The summed E-state index contributed by atoms with van der Waals surface area (Å²) in [5.74, 6) is -66.1. The van der Waals surface area contributed by atoms with E-state index in [1.54, 1.807) is 0 Å². The van der Waals surface area contributed by atoms with Crippen LogP contribution in [0.25, 0.3) is 0 Å². The Labute approximate surface area is 166 Å². The molecule has 0 aromatic rings. The minimum absolute atomic E-state index is 4.52. The molecular formula is C10HF19O3S. The highest BCUT2D eigenvalue weighted by molar-refractivity contribution is 7.89. The lowest BCUT2D eigenvalue weighted by Crippen LogP contribution is -2.74. The first-order chi connectivity index (χ1) is 13.8. The van der Waals surface area contributed by atoms with Gasteiger partial charge in [0, 0.05) is 0 Å². The molecular weight excluding hydrogens is 561 g/mol. The van der Waals surface area contributed by atoms with Crippen molar-refractivity contribution in [2.24, 2.45) is 0 Å². The number of halogens is 19. The van der Waals surface area contributed by atoms with E-state index in [1.807, 2.05) is 0 Å². The Morgan fingerprint density at radius 1 is 0.485 bits per heavy atom. The van der Waals surface area contributed by atoms with E-state index in [0.717, 1.165) is 0 Å². The number of hydrogen-bond acceptors (Lipinski definition) is 2. The van der Waals surface area contributed by atoms with Gasteiger partial charge in [0.05, 0.1) is 0 Å². The van der Waals surface area contributed by atoms with Crippen molar-refractivity contribution in [1.82, 2.24) is 0 Å². The zero-order chi connectivity index (χ0) is 27.7. The topological polar surface area (TPSA) is 54.4 Å². The molecule has 0 rings (SSSR count). The van der Waals surface area contributed by atoms with Crippen LogP contribution in [-0.2, 0) is 10.1 Å². The number of allylic oxidation sites excluding steroid dienone is 1. The Balaban J connectivity index is 7.09. The average Bonchev–Trinajstić information content (AvgIpc) is 2.57. The summed E-state index contributed by atoms with van der Waals surface area (Å²) in [7, 11) is -7.01. The Kier molecular flexibility index (Phi) is 7.27. The summed E-state index contributed by atoms with van der Waals surface area (Å²) in [6, 6.07) is 0. The number of alkyl halides is 17. The Bertz CT molecular complexity index is 895. The fourth-order valence-corrected chi connectivity index (χ4v) is 1.89. The normalized spacial score (nSPS) is 17.2. The third-order valence-corrected chi connectivity index (χ3v) is 4.03. The molecule has 0 atom stereocenters. The first-order valence-electron chi connectivity index (χ1n) is 6.56. The maximum atomic E-state index is 13.3.